The van der Waals surface area contributed by atoms with Crippen LogP contribution in [0.4, 0.5) is 0 Å². The molecule has 1 N–H and O–H groups in total. The summed E-state index contributed by atoms with van der Waals surface area (Å²) in [6, 6.07) is 6.60. The summed E-state index contributed by atoms with van der Waals surface area (Å²) in [5, 5.41) is 3.85. The molecule has 0 bridgehead atoms. The molecule has 1 rings (SSSR count). The van der Waals surface area contributed by atoms with Gasteiger partial charge < -0.3 is 5.32 Å². The number of thioether (sulfide) groups is 1. The Labute approximate surface area is 105 Å². The summed E-state index contributed by atoms with van der Waals surface area (Å²) in [4.78, 5) is 1.34. The fourth-order valence-electron chi connectivity index (χ4n) is 1.25. The molecule has 0 saturated heterocycles. The van der Waals surface area contributed by atoms with Crippen molar-refractivity contribution in [2.75, 3.05) is 7.05 Å². The van der Waals surface area contributed by atoms with Crippen molar-refractivity contribution in [1.82, 2.24) is 5.32 Å². The van der Waals surface area contributed by atoms with Gasteiger partial charge >= 0.3 is 0 Å². The van der Waals surface area contributed by atoms with Crippen LogP contribution in [-0.2, 0) is 6.54 Å². The van der Waals surface area contributed by atoms with E-state index in [1.807, 2.05) is 18.8 Å². The standard InChI is InChI=1S/C12H18BrNS/c1-4-9(2)15-11-6-5-10(8-14-3)12(13)7-11/h5-7,9,14H,4,8H2,1-3H3. The van der Waals surface area contributed by atoms with Crippen LogP contribution in [0.15, 0.2) is 27.6 Å². The molecule has 3 heteroatoms. The van der Waals surface area contributed by atoms with E-state index in [9.17, 15) is 0 Å². The van der Waals surface area contributed by atoms with Gasteiger partial charge in [0.15, 0.2) is 0 Å². The Bertz CT molecular complexity index is 314. The van der Waals surface area contributed by atoms with Crippen molar-refractivity contribution in [3.8, 4) is 0 Å². The zero-order chi connectivity index (χ0) is 11.3. The highest BCUT2D eigenvalue weighted by Crippen LogP contribution is 2.29. The first-order chi connectivity index (χ1) is 7.17. The van der Waals surface area contributed by atoms with E-state index in [0.717, 1.165) is 6.54 Å². The van der Waals surface area contributed by atoms with Gasteiger partial charge in [-0.1, -0.05) is 35.8 Å². The van der Waals surface area contributed by atoms with Gasteiger partial charge in [0, 0.05) is 21.2 Å². The van der Waals surface area contributed by atoms with Crippen molar-refractivity contribution in [3.63, 3.8) is 0 Å². The molecule has 0 heterocycles. The average molecular weight is 288 g/mol. The lowest BCUT2D eigenvalue weighted by Gasteiger charge is -2.10. The van der Waals surface area contributed by atoms with Gasteiger partial charge in [-0.05, 0) is 31.2 Å². The minimum absolute atomic E-state index is 0.687. The Hall–Kier alpha value is 0.01000. The first-order valence-electron chi connectivity index (χ1n) is 5.27. The highest BCUT2D eigenvalue weighted by molar-refractivity contribution is 9.10. The lowest BCUT2D eigenvalue weighted by Crippen LogP contribution is -2.05. The van der Waals surface area contributed by atoms with Gasteiger partial charge in [0.1, 0.15) is 0 Å². The number of halogens is 1. The molecule has 0 spiro atoms. The van der Waals surface area contributed by atoms with Crippen molar-refractivity contribution >= 4 is 27.7 Å². The summed E-state index contributed by atoms with van der Waals surface area (Å²) >= 11 is 5.54. The van der Waals surface area contributed by atoms with E-state index >= 15 is 0 Å². The van der Waals surface area contributed by atoms with Gasteiger partial charge in [-0.3, -0.25) is 0 Å². The summed E-state index contributed by atoms with van der Waals surface area (Å²) in [7, 11) is 1.97. The Balaban J connectivity index is 2.73. The number of rotatable bonds is 5. The number of nitrogens with one attached hydrogen (secondary N) is 1. The minimum atomic E-state index is 0.687. The van der Waals surface area contributed by atoms with Crippen LogP contribution in [0.2, 0.25) is 0 Å². The van der Waals surface area contributed by atoms with E-state index < -0.39 is 0 Å². The normalized spacial score (nSPS) is 12.8. The summed E-state index contributed by atoms with van der Waals surface area (Å²) in [5.41, 5.74) is 1.31. The van der Waals surface area contributed by atoms with Crippen molar-refractivity contribution in [3.05, 3.63) is 28.2 Å². The Kier molecular flexibility index (Phi) is 5.72. The summed E-state index contributed by atoms with van der Waals surface area (Å²) in [6.07, 6.45) is 1.21. The molecule has 0 radical (unpaired) electrons. The van der Waals surface area contributed by atoms with Crippen LogP contribution >= 0.6 is 27.7 Å². The molecule has 1 nitrogen and oxygen atoms in total. The fourth-order valence-corrected chi connectivity index (χ4v) is 2.89. The molecule has 15 heavy (non-hydrogen) atoms. The molecular formula is C12H18BrNS. The zero-order valence-electron chi connectivity index (χ0n) is 9.51. The van der Waals surface area contributed by atoms with Crippen LogP contribution in [-0.4, -0.2) is 12.3 Å². The monoisotopic (exact) mass is 287 g/mol. The molecule has 0 aliphatic carbocycles. The number of hydrogen-bond acceptors (Lipinski definition) is 2. The lowest BCUT2D eigenvalue weighted by atomic mass is 10.2. The third kappa shape index (κ3) is 4.17. The summed E-state index contributed by atoms with van der Waals surface area (Å²) in [5.74, 6) is 0. The third-order valence-corrected chi connectivity index (χ3v) is 4.30. The van der Waals surface area contributed by atoms with Crippen molar-refractivity contribution < 1.29 is 0 Å². The van der Waals surface area contributed by atoms with Gasteiger partial charge in [0.05, 0.1) is 0 Å². The molecule has 0 fully saturated rings. The Morgan fingerprint density at radius 1 is 1.47 bits per heavy atom. The second-order valence-corrected chi connectivity index (χ2v) is 5.99. The van der Waals surface area contributed by atoms with E-state index in [1.54, 1.807) is 0 Å². The highest BCUT2D eigenvalue weighted by Gasteiger charge is 2.04. The van der Waals surface area contributed by atoms with Gasteiger partial charge in [0.25, 0.3) is 0 Å². The predicted octanol–water partition coefficient (Wildman–Crippen LogP) is 4.06. The first kappa shape index (κ1) is 13.1. The van der Waals surface area contributed by atoms with E-state index in [1.165, 1.54) is 21.4 Å². The van der Waals surface area contributed by atoms with Crippen LogP contribution in [0.3, 0.4) is 0 Å². The minimum Gasteiger partial charge on any atom is -0.316 e. The number of benzene rings is 1. The average Bonchev–Trinajstić information content (AvgIpc) is 2.22. The summed E-state index contributed by atoms with van der Waals surface area (Å²) < 4.78 is 1.20. The van der Waals surface area contributed by atoms with Crippen molar-refractivity contribution in [2.45, 2.75) is 37.0 Å². The van der Waals surface area contributed by atoms with Crippen LogP contribution in [0.25, 0.3) is 0 Å². The Morgan fingerprint density at radius 3 is 2.73 bits per heavy atom. The predicted molar refractivity (Wildman–Crippen MR) is 72.5 cm³/mol. The van der Waals surface area contributed by atoms with Crippen LogP contribution < -0.4 is 5.32 Å². The molecule has 0 aliphatic heterocycles. The van der Waals surface area contributed by atoms with Crippen molar-refractivity contribution in [2.24, 2.45) is 0 Å². The maximum atomic E-state index is 3.61. The second-order valence-electron chi connectivity index (χ2n) is 3.62. The van der Waals surface area contributed by atoms with E-state index in [4.69, 9.17) is 0 Å². The molecule has 1 atom stereocenters. The molecule has 1 unspecified atom stereocenters. The summed E-state index contributed by atoms with van der Waals surface area (Å²) in [6.45, 7) is 5.40. The molecule has 1 aromatic carbocycles. The molecule has 84 valence electrons. The van der Waals surface area contributed by atoms with Crippen LogP contribution in [0.1, 0.15) is 25.8 Å². The molecule has 0 aromatic heterocycles. The molecular weight excluding hydrogens is 270 g/mol. The first-order valence-corrected chi connectivity index (χ1v) is 6.94. The Morgan fingerprint density at radius 2 is 2.20 bits per heavy atom. The number of hydrogen-bond donors (Lipinski definition) is 1. The van der Waals surface area contributed by atoms with Crippen molar-refractivity contribution in [1.29, 1.82) is 0 Å². The molecule has 0 saturated carbocycles. The van der Waals surface area contributed by atoms with E-state index in [2.05, 4.69) is 53.3 Å². The fraction of sp³-hybridized carbons (Fsp3) is 0.500. The van der Waals surface area contributed by atoms with Crippen LogP contribution in [0.5, 0.6) is 0 Å². The van der Waals surface area contributed by atoms with Gasteiger partial charge in [-0.15, -0.1) is 11.8 Å². The van der Waals surface area contributed by atoms with Crippen LogP contribution in [0, 0.1) is 0 Å². The topological polar surface area (TPSA) is 12.0 Å². The van der Waals surface area contributed by atoms with E-state index in [0.29, 0.717) is 5.25 Å². The zero-order valence-corrected chi connectivity index (χ0v) is 11.9. The molecule has 0 amide bonds. The van der Waals surface area contributed by atoms with Gasteiger partial charge in [-0.25, -0.2) is 0 Å². The smallest absolute Gasteiger partial charge is 0.0231 e. The van der Waals surface area contributed by atoms with Gasteiger partial charge in [0.2, 0.25) is 0 Å². The molecule has 0 aliphatic rings. The highest BCUT2D eigenvalue weighted by atomic mass is 79.9. The quantitative estimate of drug-likeness (QED) is 0.820. The lowest BCUT2D eigenvalue weighted by molar-refractivity contribution is 0.813. The third-order valence-electron chi connectivity index (χ3n) is 2.30. The SMILES string of the molecule is CCC(C)Sc1ccc(CNC)c(Br)c1. The van der Waals surface area contributed by atoms with E-state index in [-0.39, 0.29) is 0 Å². The second kappa shape index (κ2) is 6.56. The largest absolute Gasteiger partial charge is 0.316 e. The molecule has 1 aromatic rings. The van der Waals surface area contributed by atoms with Gasteiger partial charge in [-0.2, -0.15) is 0 Å². The maximum Gasteiger partial charge on any atom is 0.0231 e. The maximum absolute atomic E-state index is 3.61.